The van der Waals surface area contributed by atoms with Crippen LogP contribution >= 0.6 is 0 Å². The van der Waals surface area contributed by atoms with Crippen molar-refractivity contribution in [2.24, 2.45) is 17.8 Å². The molecule has 3 aliphatic rings. The number of halogens is 2. The van der Waals surface area contributed by atoms with Gasteiger partial charge in [0, 0.05) is 11.8 Å². The Hall–Kier alpha value is -1.00. The average Bonchev–Trinajstić information content (AvgIpc) is 2.83. The second kappa shape index (κ2) is 11.2. The van der Waals surface area contributed by atoms with Crippen LogP contribution in [0.4, 0.5) is 8.78 Å². The SMILES string of the molecule is CCCCC1COC(C2CCC(c3ccc(C4CCC(CF)CC4)c(F)c3)CC2)OC1. The lowest BCUT2D eigenvalue weighted by atomic mass is 9.76. The first kappa shape index (κ1) is 23.2. The summed E-state index contributed by atoms with van der Waals surface area (Å²) in [5, 5.41) is 0. The summed E-state index contributed by atoms with van der Waals surface area (Å²) < 4.78 is 40.0. The molecule has 3 fully saturated rings. The van der Waals surface area contributed by atoms with Gasteiger partial charge < -0.3 is 9.47 Å². The van der Waals surface area contributed by atoms with Crippen molar-refractivity contribution in [3.63, 3.8) is 0 Å². The van der Waals surface area contributed by atoms with Gasteiger partial charge in [0.15, 0.2) is 6.29 Å². The van der Waals surface area contributed by atoms with Gasteiger partial charge >= 0.3 is 0 Å². The molecule has 4 heteroatoms. The van der Waals surface area contributed by atoms with Crippen molar-refractivity contribution in [2.45, 2.75) is 95.7 Å². The van der Waals surface area contributed by atoms with E-state index >= 15 is 0 Å². The van der Waals surface area contributed by atoms with Crippen LogP contribution in [0.15, 0.2) is 18.2 Å². The molecule has 0 amide bonds. The molecule has 0 aromatic heterocycles. The van der Waals surface area contributed by atoms with Crippen LogP contribution in [-0.4, -0.2) is 26.2 Å². The number of alkyl halides is 1. The quantitative estimate of drug-likeness (QED) is 0.442. The minimum absolute atomic E-state index is 0.0441. The van der Waals surface area contributed by atoms with Gasteiger partial charge in [0.2, 0.25) is 0 Å². The van der Waals surface area contributed by atoms with Gasteiger partial charge in [-0.05, 0) is 92.7 Å². The van der Waals surface area contributed by atoms with Crippen molar-refractivity contribution in [3.05, 3.63) is 35.1 Å². The Morgan fingerprint density at radius 1 is 0.871 bits per heavy atom. The van der Waals surface area contributed by atoms with E-state index in [-0.39, 0.29) is 30.6 Å². The molecule has 2 aliphatic carbocycles. The van der Waals surface area contributed by atoms with Crippen LogP contribution in [0.2, 0.25) is 0 Å². The zero-order valence-electron chi connectivity index (χ0n) is 19.2. The third-order valence-corrected chi connectivity index (χ3v) is 8.12. The van der Waals surface area contributed by atoms with Gasteiger partial charge in [-0.25, -0.2) is 4.39 Å². The standard InChI is InChI=1S/C27H40F2O2/c1-2-3-4-20-17-30-27(31-18-20)23-11-9-21(10-12-23)24-13-14-25(26(29)15-24)22-7-5-19(16-28)6-8-22/h13-15,19-23,27H,2-12,16-18H2,1H3. The highest BCUT2D eigenvalue weighted by molar-refractivity contribution is 5.30. The second-order valence-electron chi connectivity index (χ2n) is 10.3. The lowest BCUT2D eigenvalue weighted by Gasteiger charge is -2.38. The molecule has 0 unspecified atom stereocenters. The van der Waals surface area contributed by atoms with E-state index in [0.29, 0.717) is 17.8 Å². The molecule has 1 saturated heterocycles. The van der Waals surface area contributed by atoms with Gasteiger partial charge in [-0.1, -0.05) is 31.9 Å². The van der Waals surface area contributed by atoms with E-state index in [9.17, 15) is 8.78 Å². The van der Waals surface area contributed by atoms with Crippen LogP contribution < -0.4 is 0 Å². The van der Waals surface area contributed by atoms with Crippen LogP contribution in [0.25, 0.3) is 0 Å². The number of hydrogen-bond donors (Lipinski definition) is 0. The summed E-state index contributed by atoms with van der Waals surface area (Å²) in [6, 6.07) is 5.95. The summed E-state index contributed by atoms with van der Waals surface area (Å²) in [6.45, 7) is 3.67. The number of hydrogen-bond acceptors (Lipinski definition) is 2. The van der Waals surface area contributed by atoms with Crippen LogP contribution in [-0.2, 0) is 9.47 Å². The summed E-state index contributed by atoms with van der Waals surface area (Å²) in [4.78, 5) is 0. The van der Waals surface area contributed by atoms with E-state index in [1.165, 1.54) is 19.3 Å². The molecule has 1 aromatic carbocycles. The van der Waals surface area contributed by atoms with Crippen LogP contribution in [0, 0.1) is 23.6 Å². The van der Waals surface area contributed by atoms with Gasteiger partial charge in [0.1, 0.15) is 5.82 Å². The minimum atomic E-state index is -0.229. The molecule has 31 heavy (non-hydrogen) atoms. The van der Waals surface area contributed by atoms with E-state index in [1.54, 1.807) is 6.07 Å². The number of rotatable bonds is 7. The zero-order valence-corrected chi connectivity index (χ0v) is 19.2. The highest BCUT2D eigenvalue weighted by Crippen LogP contribution is 2.41. The molecule has 4 rings (SSSR count). The first-order chi connectivity index (χ1) is 15.2. The molecule has 2 saturated carbocycles. The maximum absolute atomic E-state index is 14.9. The summed E-state index contributed by atoms with van der Waals surface area (Å²) in [5.74, 6) is 1.85. The minimum Gasteiger partial charge on any atom is -0.352 e. The monoisotopic (exact) mass is 434 g/mol. The molecule has 174 valence electrons. The predicted molar refractivity (Wildman–Crippen MR) is 120 cm³/mol. The molecule has 0 bridgehead atoms. The smallest absolute Gasteiger partial charge is 0.160 e. The molecule has 1 aliphatic heterocycles. The third kappa shape index (κ3) is 5.87. The van der Waals surface area contributed by atoms with E-state index in [2.05, 4.69) is 13.0 Å². The van der Waals surface area contributed by atoms with E-state index in [4.69, 9.17) is 9.47 Å². The molecule has 0 radical (unpaired) electrons. The Bertz CT molecular complexity index is 670. The van der Waals surface area contributed by atoms with Gasteiger partial charge in [-0.2, -0.15) is 0 Å². The Balaban J connectivity index is 1.26. The maximum atomic E-state index is 14.9. The van der Waals surface area contributed by atoms with E-state index < -0.39 is 0 Å². The molecular weight excluding hydrogens is 394 g/mol. The molecule has 1 aromatic rings. The molecule has 0 spiro atoms. The first-order valence-corrected chi connectivity index (χ1v) is 12.8. The highest BCUT2D eigenvalue weighted by atomic mass is 19.1. The fourth-order valence-corrected chi connectivity index (χ4v) is 5.97. The Morgan fingerprint density at radius 2 is 1.55 bits per heavy atom. The number of unbranched alkanes of at least 4 members (excludes halogenated alkanes) is 1. The van der Waals surface area contributed by atoms with Gasteiger partial charge in [0.25, 0.3) is 0 Å². The predicted octanol–water partition coefficient (Wildman–Crippen LogP) is 7.52. The normalized spacial score (nSPS) is 34.5. The average molecular weight is 435 g/mol. The van der Waals surface area contributed by atoms with Crippen LogP contribution in [0.1, 0.15) is 101 Å². The molecule has 0 N–H and O–H groups in total. The Labute approximate surface area is 187 Å². The summed E-state index contributed by atoms with van der Waals surface area (Å²) in [7, 11) is 0. The van der Waals surface area contributed by atoms with Crippen molar-refractivity contribution in [3.8, 4) is 0 Å². The largest absolute Gasteiger partial charge is 0.352 e. The fourth-order valence-electron chi connectivity index (χ4n) is 5.97. The molecule has 1 heterocycles. The van der Waals surface area contributed by atoms with Crippen molar-refractivity contribution < 1.29 is 18.3 Å². The topological polar surface area (TPSA) is 18.5 Å². The van der Waals surface area contributed by atoms with Gasteiger partial charge in [0.05, 0.1) is 19.9 Å². The van der Waals surface area contributed by atoms with Crippen molar-refractivity contribution in [2.75, 3.05) is 19.9 Å². The molecule has 2 nitrogen and oxygen atoms in total. The Kier molecular flexibility index (Phi) is 8.39. The molecular formula is C27H40F2O2. The van der Waals surface area contributed by atoms with Crippen molar-refractivity contribution in [1.29, 1.82) is 0 Å². The number of benzene rings is 1. The summed E-state index contributed by atoms with van der Waals surface area (Å²) >= 11 is 0. The Morgan fingerprint density at radius 3 is 2.16 bits per heavy atom. The molecule has 0 atom stereocenters. The van der Waals surface area contributed by atoms with Gasteiger partial charge in [-0.3, -0.25) is 4.39 Å². The van der Waals surface area contributed by atoms with Crippen LogP contribution in [0.5, 0.6) is 0 Å². The second-order valence-corrected chi connectivity index (χ2v) is 10.3. The lowest BCUT2D eigenvalue weighted by Crippen LogP contribution is -2.38. The fraction of sp³-hybridized carbons (Fsp3) is 0.778. The maximum Gasteiger partial charge on any atom is 0.160 e. The van der Waals surface area contributed by atoms with Crippen molar-refractivity contribution >= 4 is 0 Å². The van der Waals surface area contributed by atoms with E-state index in [1.807, 2.05) is 6.07 Å². The number of ether oxygens (including phenoxy) is 2. The van der Waals surface area contributed by atoms with Crippen LogP contribution in [0.3, 0.4) is 0 Å². The van der Waals surface area contributed by atoms with Gasteiger partial charge in [-0.15, -0.1) is 0 Å². The zero-order chi connectivity index (χ0) is 21.6. The third-order valence-electron chi connectivity index (χ3n) is 8.12. The van der Waals surface area contributed by atoms with E-state index in [0.717, 1.165) is 75.7 Å². The highest BCUT2D eigenvalue weighted by Gasteiger charge is 2.33. The summed E-state index contributed by atoms with van der Waals surface area (Å²) in [6.07, 6.45) is 11.6. The lowest BCUT2D eigenvalue weighted by molar-refractivity contribution is -0.229. The first-order valence-electron chi connectivity index (χ1n) is 12.8. The summed E-state index contributed by atoms with van der Waals surface area (Å²) in [5.41, 5.74) is 1.98. The van der Waals surface area contributed by atoms with Crippen molar-refractivity contribution in [1.82, 2.24) is 0 Å².